The lowest BCUT2D eigenvalue weighted by Crippen LogP contribution is -2.28. The highest BCUT2D eigenvalue weighted by Gasteiger charge is 2.22. The van der Waals surface area contributed by atoms with Gasteiger partial charge in [0.15, 0.2) is 15.6 Å². The Hall–Kier alpha value is -2.62. The lowest BCUT2D eigenvalue weighted by atomic mass is 10.1. The second-order valence-electron chi connectivity index (χ2n) is 7.48. The molecule has 0 radical (unpaired) electrons. The van der Waals surface area contributed by atoms with Gasteiger partial charge in [-0.1, -0.05) is 35.3 Å². The van der Waals surface area contributed by atoms with Crippen LogP contribution in [0.1, 0.15) is 41.6 Å². The molecule has 176 valence electrons. The molecule has 11 heteroatoms. The van der Waals surface area contributed by atoms with E-state index in [0.29, 0.717) is 38.0 Å². The summed E-state index contributed by atoms with van der Waals surface area (Å²) in [5.41, 5.74) is 2.14. The van der Waals surface area contributed by atoms with Crippen LogP contribution in [0.15, 0.2) is 35.2 Å². The first kappa shape index (κ1) is 25.0. The van der Waals surface area contributed by atoms with Gasteiger partial charge in [0.25, 0.3) is 5.91 Å². The molecule has 8 nitrogen and oxygen atoms in total. The molecule has 0 bridgehead atoms. The number of sulfone groups is 1. The van der Waals surface area contributed by atoms with Gasteiger partial charge in [-0.15, -0.1) is 0 Å². The Bertz CT molecular complexity index is 1330. The zero-order valence-corrected chi connectivity index (χ0v) is 20.8. The number of aromatic nitrogens is 2. The van der Waals surface area contributed by atoms with Crippen LogP contribution in [-0.4, -0.2) is 42.2 Å². The molecule has 3 aromatic rings. The molecular weight excluding hydrogens is 489 g/mol. The molecule has 1 N–H and O–H groups in total. The van der Waals surface area contributed by atoms with E-state index >= 15 is 0 Å². The van der Waals surface area contributed by atoms with Crippen LogP contribution in [0.2, 0.25) is 10.0 Å². The minimum Gasteiger partial charge on any atom is -0.465 e. The maximum atomic E-state index is 12.9. The SMILES string of the molecule is CCOC(=O)CS(=O)(=O)c1ccc([C@@H](C)NC(=O)c2cc3c(Cl)c(Cl)c(C)nc3n2C)cc1. The van der Waals surface area contributed by atoms with E-state index in [1.54, 1.807) is 50.6 Å². The number of nitrogens with zero attached hydrogens (tertiary/aromatic N) is 2. The summed E-state index contributed by atoms with van der Waals surface area (Å²) in [7, 11) is -2.11. The van der Waals surface area contributed by atoms with Gasteiger partial charge in [-0.25, -0.2) is 13.4 Å². The minimum absolute atomic E-state index is 0.000483. The third-order valence-electron chi connectivity index (χ3n) is 5.15. The molecular formula is C22H23Cl2N3O5S. The lowest BCUT2D eigenvalue weighted by molar-refractivity contribution is -0.139. The van der Waals surface area contributed by atoms with Crippen molar-refractivity contribution < 1.29 is 22.7 Å². The summed E-state index contributed by atoms with van der Waals surface area (Å²) >= 11 is 12.5. The number of amides is 1. The van der Waals surface area contributed by atoms with Gasteiger partial charge in [0.05, 0.1) is 33.3 Å². The van der Waals surface area contributed by atoms with Gasteiger partial charge in [-0.05, 0) is 44.5 Å². The minimum atomic E-state index is -3.82. The maximum Gasteiger partial charge on any atom is 0.321 e. The van der Waals surface area contributed by atoms with E-state index in [0.717, 1.165) is 0 Å². The third kappa shape index (κ3) is 5.15. The van der Waals surface area contributed by atoms with Crippen molar-refractivity contribution in [2.24, 2.45) is 7.05 Å². The Kier molecular flexibility index (Phi) is 7.36. The molecule has 1 aromatic carbocycles. The predicted octanol–water partition coefficient (Wildman–Crippen LogP) is 4.02. The average molecular weight is 512 g/mol. The standard InChI is InChI=1S/C22H23Cl2N3O5S/c1-5-32-18(28)11-33(30,31)15-8-6-14(7-9-15)12(2)26-22(29)17-10-16-20(24)19(23)13(3)25-21(16)27(17)4/h6-10,12H,5,11H2,1-4H3,(H,26,29)/t12-/m1/s1. The number of halogens is 2. The van der Waals surface area contributed by atoms with Crippen LogP contribution in [0.25, 0.3) is 11.0 Å². The van der Waals surface area contributed by atoms with Crippen molar-refractivity contribution in [1.29, 1.82) is 0 Å². The average Bonchev–Trinajstić information content (AvgIpc) is 3.08. The van der Waals surface area contributed by atoms with Gasteiger partial charge in [-0.2, -0.15) is 0 Å². The lowest BCUT2D eigenvalue weighted by Gasteiger charge is -2.15. The van der Waals surface area contributed by atoms with E-state index in [1.165, 1.54) is 12.1 Å². The van der Waals surface area contributed by atoms with Crippen LogP contribution < -0.4 is 5.32 Å². The Balaban J connectivity index is 1.78. The van der Waals surface area contributed by atoms with E-state index in [2.05, 4.69) is 10.3 Å². The van der Waals surface area contributed by atoms with Crippen molar-refractivity contribution in [3.8, 4) is 0 Å². The number of rotatable bonds is 7. The Morgan fingerprint density at radius 3 is 2.42 bits per heavy atom. The molecule has 1 atom stereocenters. The zero-order chi connectivity index (χ0) is 24.5. The molecule has 0 aliphatic heterocycles. The van der Waals surface area contributed by atoms with Gasteiger partial charge < -0.3 is 14.6 Å². The molecule has 0 aliphatic rings. The summed E-state index contributed by atoms with van der Waals surface area (Å²) in [6.07, 6.45) is 0. The third-order valence-corrected chi connectivity index (χ3v) is 7.71. The Morgan fingerprint density at radius 1 is 1.18 bits per heavy atom. The van der Waals surface area contributed by atoms with Crippen molar-refractivity contribution >= 4 is 55.9 Å². The van der Waals surface area contributed by atoms with E-state index in [-0.39, 0.29) is 17.4 Å². The molecule has 33 heavy (non-hydrogen) atoms. The molecule has 2 aromatic heterocycles. The highest BCUT2D eigenvalue weighted by molar-refractivity contribution is 7.92. The number of nitrogens with one attached hydrogen (secondary N) is 1. The second-order valence-corrected chi connectivity index (χ2v) is 10.2. The Morgan fingerprint density at radius 2 is 1.82 bits per heavy atom. The van der Waals surface area contributed by atoms with Crippen molar-refractivity contribution in [2.45, 2.75) is 31.7 Å². The van der Waals surface area contributed by atoms with Crippen molar-refractivity contribution in [3.05, 3.63) is 57.3 Å². The first-order chi connectivity index (χ1) is 15.5. The number of aryl methyl sites for hydroxylation is 2. The van der Waals surface area contributed by atoms with Gasteiger partial charge in [-0.3, -0.25) is 9.59 Å². The maximum absolute atomic E-state index is 12.9. The number of pyridine rings is 1. The van der Waals surface area contributed by atoms with Gasteiger partial charge >= 0.3 is 5.97 Å². The van der Waals surface area contributed by atoms with E-state index < -0.39 is 27.6 Å². The fourth-order valence-electron chi connectivity index (χ4n) is 3.35. The van der Waals surface area contributed by atoms with E-state index in [1.807, 2.05) is 0 Å². The van der Waals surface area contributed by atoms with Crippen LogP contribution in [0, 0.1) is 6.92 Å². The van der Waals surface area contributed by atoms with Crippen LogP contribution in [0.4, 0.5) is 0 Å². The number of ether oxygens (including phenoxy) is 1. The summed E-state index contributed by atoms with van der Waals surface area (Å²) in [6, 6.07) is 7.18. The number of hydrogen-bond acceptors (Lipinski definition) is 6. The summed E-state index contributed by atoms with van der Waals surface area (Å²) in [5.74, 6) is -1.89. The first-order valence-corrected chi connectivity index (χ1v) is 12.5. The molecule has 0 aliphatic carbocycles. The van der Waals surface area contributed by atoms with E-state index in [9.17, 15) is 18.0 Å². The van der Waals surface area contributed by atoms with Crippen molar-refractivity contribution in [1.82, 2.24) is 14.9 Å². The van der Waals surface area contributed by atoms with E-state index in [4.69, 9.17) is 27.9 Å². The number of carbonyl (C=O) groups is 2. The molecule has 0 fully saturated rings. The fraction of sp³-hybridized carbons (Fsp3) is 0.318. The normalized spacial score (nSPS) is 12.5. The van der Waals surface area contributed by atoms with Crippen LogP contribution >= 0.6 is 23.2 Å². The van der Waals surface area contributed by atoms with Gasteiger partial charge in [0.2, 0.25) is 0 Å². The van der Waals surface area contributed by atoms with Crippen LogP contribution in [0.3, 0.4) is 0 Å². The quantitative estimate of drug-likeness (QED) is 0.480. The zero-order valence-electron chi connectivity index (χ0n) is 18.5. The molecule has 0 saturated heterocycles. The highest BCUT2D eigenvalue weighted by Crippen LogP contribution is 2.33. The number of carbonyl (C=O) groups excluding carboxylic acids is 2. The molecule has 3 rings (SSSR count). The van der Waals surface area contributed by atoms with Gasteiger partial charge in [0.1, 0.15) is 11.3 Å². The second kappa shape index (κ2) is 9.70. The Labute approximate surface area is 201 Å². The largest absolute Gasteiger partial charge is 0.465 e. The molecule has 0 spiro atoms. The number of hydrogen-bond donors (Lipinski definition) is 1. The molecule has 1 amide bonds. The summed E-state index contributed by atoms with van der Waals surface area (Å²) < 4.78 is 31.1. The number of benzene rings is 1. The van der Waals surface area contributed by atoms with Crippen molar-refractivity contribution in [2.75, 3.05) is 12.4 Å². The number of esters is 1. The predicted molar refractivity (Wildman–Crippen MR) is 126 cm³/mol. The monoisotopic (exact) mass is 511 g/mol. The molecule has 0 unspecified atom stereocenters. The highest BCUT2D eigenvalue weighted by atomic mass is 35.5. The van der Waals surface area contributed by atoms with Gasteiger partial charge in [0, 0.05) is 12.4 Å². The molecule has 0 saturated carbocycles. The smallest absolute Gasteiger partial charge is 0.321 e. The van der Waals surface area contributed by atoms with Crippen LogP contribution in [0.5, 0.6) is 0 Å². The summed E-state index contributed by atoms with van der Waals surface area (Å²) in [6.45, 7) is 5.22. The van der Waals surface area contributed by atoms with Crippen molar-refractivity contribution in [3.63, 3.8) is 0 Å². The summed E-state index contributed by atoms with van der Waals surface area (Å²) in [4.78, 5) is 28.9. The summed E-state index contributed by atoms with van der Waals surface area (Å²) in [5, 5.41) is 4.13. The van der Waals surface area contributed by atoms with Crippen LogP contribution in [-0.2, 0) is 26.4 Å². The first-order valence-electron chi connectivity index (χ1n) is 10.1. The number of fused-ring (bicyclic) bond motifs is 1. The topological polar surface area (TPSA) is 107 Å². The fourth-order valence-corrected chi connectivity index (χ4v) is 4.88. The molecule has 2 heterocycles.